The van der Waals surface area contributed by atoms with Crippen LogP contribution in [0.3, 0.4) is 0 Å². The van der Waals surface area contributed by atoms with Crippen LogP contribution in [0.1, 0.15) is 27.3 Å². The molecule has 1 amide bonds. The number of H-pyrrole nitrogens is 3. The molecular weight excluding hydrogens is 262 g/mol. The number of pyridine rings is 1. The number of hydrogen-bond acceptors (Lipinski definition) is 4. The Bertz CT molecular complexity index is 805. The molecule has 0 aliphatic heterocycles. The minimum absolute atomic E-state index is 0.0472. The summed E-state index contributed by atoms with van der Waals surface area (Å²) in [6.07, 6.45) is 1.44. The van der Waals surface area contributed by atoms with Crippen molar-refractivity contribution in [3.8, 4) is 6.07 Å². The van der Waals surface area contributed by atoms with Gasteiger partial charge in [0.1, 0.15) is 17.3 Å². The second-order valence-electron chi connectivity index (χ2n) is 4.13. The number of aromatic nitrogens is 3. The SMILES string of the molecule is Cc1cc(C#N)c(=O)[nH]c1C(=O)NCc1c[nH]c(=O)[nH]1. The molecule has 0 bridgehead atoms. The molecule has 2 aromatic rings. The number of rotatable bonds is 3. The summed E-state index contributed by atoms with van der Waals surface area (Å²) in [6, 6.07) is 3.10. The van der Waals surface area contributed by atoms with Crippen LogP contribution < -0.4 is 16.6 Å². The van der Waals surface area contributed by atoms with Crippen LogP contribution in [0.4, 0.5) is 0 Å². The average molecular weight is 273 g/mol. The number of nitrogens with zero attached hydrogens (tertiary/aromatic N) is 1. The fourth-order valence-corrected chi connectivity index (χ4v) is 1.68. The van der Waals surface area contributed by atoms with E-state index in [1.165, 1.54) is 12.3 Å². The van der Waals surface area contributed by atoms with Gasteiger partial charge in [-0.05, 0) is 18.6 Å². The van der Waals surface area contributed by atoms with Crippen LogP contribution in [-0.2, 0) is 6.54 Å². The second kappa shape index (κ2) is 5.27. The predicted octanol–water partition coefficient (Wildman–Crippen LogP) is -0.499. The monoisotopic (exact) mass is 273 g/mol. The number of imidazole rings is 1. The van der Waals surface area contributed by atoms with Crippen molar-refractivity contribution in [3.05, 3.63) is 55.6 Å². The number of hydrogen-bond donors (Lipinski definition) is 4. The van der Waals surface area contributed by atoms with E-state index < -0.39 is 11.5 Å². The number of aromatic amines is 3. The van der Waals surface area contributed by atoms with Crippen molar-refractivity contribution in [3.63, 3.8) is 0 Å². The summed E-state index contributed by atoms with van der Waals surface area (Å²) >= 11 is 0. The van der Waals surface area contributed by atoms with Gasteiger partial charge in [-0.15, -0.1) is 0 Å². The summed E-state index contributed by atoms with van der Waals surface area (Å²) < 4.78 is 0. The van der Waals surface area contributed by atoms with Gasteiger partial charge in [0.25, 0.3) is 11.5 Å². The quantitative estimate of drug-likeness (QED) is 0.599. The Kier molecular flexibility index (Phi) is 3.52. The first-order valence-electron chi connectivity index (χ1n) is 5.70. The zero-order chi connectivity index (χ0) is 14.7. The molecule has 4 N–H and O–H groups in total. The van der Waals surface area contributed by atoms with E-state index in [0.717, 1.165) is 0 Å². The summed E-state index contributed by atoms with van der Waals surface area (Å²) in [5, 5.41) is 11.3. The molecule has 0 fully saturated rings. The first-order chi connectivity index (χ1) is 9.51. The highest BCUT2D eigenvalue weighted by atomic mass is 16.2. The fourth-order valence-electron chi connectivity index (χ4n) is 1.68. The van der Waals surface area contributed by atoms with E-state index in [1.54, 1.807) is 13.0 Å². The van der Waals surface area contributed by atoms with E-state index in [0.29, 0.717) is 11.3 Å². The third-order valence-corrected chi connectivity index (χ3v) is 2.68. The van der Waals surface area contributed by atoms with Crippen LogP contribution >= 0.6 is 0 Å². The smallest absolute Gasteiger partial charge is 0.323 e. The van der Waals surface area contributed by atoms with Gasteiger partial charge in [-0.2, -0.15) is 5.26 Å². The maximum Gasteiger partial charge on any atom is 0.323 e. The van der Waals surface area contributed by atoms with Crippen molar-refractivity contribution in [2.75, 3.05) is 0 Å². The van der Waals surface area contributed by atoms with Gasteiger partial charge in [0, 0.05) is 6.20 Å². The van der Waals surface area contributed by atoms with Crippen LogP contribution in [0, 0.1) is 18.3 Å². The third kappa shape index (κ3) is 2.67. The first-order valence-corrected chi connectivity index (χ1v) is 5.70. The maximum absolute atomic E-state index is 11.9. The molecule has 0 radical (unpaired) electrons. The highest BCUT2D eigenvalue weighted by Gasteiger charge is 2.12. The molecule has 0 aliphatic rings. The Morgan fingerprint density at radius 2 is 2.15 bits per heavy atom. The van der Waals surface area contributed by atoms with Crippen molar-refractivity contribution >= 4 is 5.91 Å². The van der Waals surface area contributed by atoms with Crippen LogP contribution in [0.2, 0.25) is 0 Å². The number of aryl methyl sites for hydroxylation is 1. The summed E-state index contributed by atoms with van der Waals surface area (Å²) in [5.74, 6) is -0.494. The number of carbonyl (C=O) groups excluding carboxylic acids is 1. The number of carbonyl (C=O) groups is 1. The summed E-state index contributed by atoms with van der Waals surface area (Å²) in [4.78, 5) is 41.6. The zero-order valence-electron chi connectivity index (χ0n) is 10.5. The van der Waals surface area contributed by atoms with Gasteiger partial charge in [-0.25, -0.2) is 4.79 Å². The predicted molar refractivity (Wildman–Crippen MR) is 69.1 cm³/mol. The molecule has 0 aliphatic carbocycles. The normalized spacial score (nSPS) is 10.0. The second-order valence-corrected chi connectivity index (χ2v) is 4.13. The third-order valence-electron chi connectivity index (χ3n) is 2.68. The van der Waals surface area contributed by atoms with Crippen LogP contribution in [0.5, 0.6) is 0 Å². The highest BCUT2D eigenvalue weighted by Crippen LogP contribution is 2.04. The minimum Gasteiger partial charge on any atom is -0.345 e. The van der Waals surface area contributed by atoms with Crippen LogP contribution in [0.15, 0.2) is 21.9 Å². The number of amides is 1. The summed E-state index contributed by atoms with van der Waals surface area (Å²) in [5.41, 5.74) is 0.0645. The standard InChI is InChI=1S/C12H11N5O3/c1-6-2-7(3-13)10(18)17-9(6)11(19)14-4-8-5-15-12(20)16-8/h2,5H,4H2,1H3,(H,14,19)(H,17,18)(H2,15,16,20). The molecule has 0 spiro atoms. The van der Waals surface area contributed by atoms with Crippen molar-refractivity contribution in [2.24, 2.45) is 0 Å². The number of nitrogens with one attached hydrogen (secondary N) is 4. The fraction of sp³-hybridized carbons (Fsp3) is 0.167. The lowest BCUT2D eigenvalue weighted by Gasteiger charge is -2.06. The van der Waals surface area contributed by atoms with Gasteiger partial charge in [0.2, 0.25) is 0 Å². The largest absolute Gasteiger partial charge is 0.345 e. The van der Waals surface area contributed by atoms with Crippen molar-refractivity contribution < 1.29 is 4.79 Å². The minimum atomic E-state index is -0.613. The van der Waals surface area contributed by atoms with E-state index in [-0.39, 0.29) is 23.5 Å². The molecule has 0 atom stereocenters. The van der Waals surface area contributed by atoms with E-state index in [2.05, 4.69) is 20.3 Å². The van der Waals surface area contributed by atoms with Gasteiger partial charge in [-0.1, -0.05) is 0 Å². The lowest BCUT2D eigenvalue weighted by atomic mass is 10.1. The van der Waals surface area contributed by atoms with Crippen LogP contribution in [-0.4, -0.2) is 20.9 Å². The summed E-state index contributed by atoms with van der Waals surface area (Å²) in [7, 11) is 0. The van der Waals surface area contributed by atoms with Gasteiger partial charge < -0.3 is 20.3 Å². The number of nitriles is 1. The molecule has 2 aromatic heterocycles. The van der Waals surface area contributed by atoms with E-state index in [9.17, 15) is 14.4 Å². The summed E-state index contributed by atoms with van der Waals surface area (Å²) in [6.45, 7) is 1.73. The zero-order valence-corrected chi connectivity index (χ0v) is 10.5. The van der Waals surface area contributed by atoms with Gasteiger partial charge in [0.15, 0.2) is 0 Å². The Balaban J connectivity index is 2.18. The topological polar surface area (TPSA) is 134 Å². The van der Waals surface area contributed by atoms with Gasteiger partial charge >= 0.3 is 5.69 Å². The molecule has 102 valence electrons. The molecular formula is C12H11N5O3. The lowest BCUT2D eigenvalue weighted by Crippen LogP contribution is -2.28. The lowest BCUT2D eigenvalue weighted by molar-refractivity contribution is 0.0944. The van der Waals surface area contributed by atoms with Crippen molar-refractivity contribution in [1.29, 1.82) is 5.26 Å². The molecule has 8 heteroatoms. The first kappa shape index (κ1) is 13.4. The van der Waals surface area contributed by atoms with Crippen molar-refractivity contribution in [2.45, 2.75) is 13.5 Å². The van der Waals surface area contributed by atoms with E-state index >= 15 is 0 Å². The molecule has 0 saturated heterocycles. The maximum atomic E-state index is 11.9. The van der Waals surface area contributed by atoms with E-state index in [1.807, 2.05) is 0 Å². The molecule has 20 heavy (non-hydrogen) atoms. The molecule has 0 unspecified atom stereocenters. The Labute approximate surface area is 112 Å². The Morgan fingerprint density at radius 3 is 2.75 bits per heavy atom. The van der Waals surface area contributed by atoms with Crippen molar-refractivity contribution in [1.82, 2.24) is 20.3 Å². The molecule has 0 aromatic carbocycles. The van der Waals surface area contributed by atoms with Gasteiger partial charge in [0.05, 0.1) is 12.2 Å². The highest BCUT2D eigenvalue weighted by molar-refractivity contribution is 5.93. The van der Waals surface area contributed by atoms with E-state index in [4.69, 9.17) is 5.26 Å². The molecule has 2 heterocycles. The Hall–Kier alpha value is -3.08. The van der Waals surface area contributed by atoms with Gasteiger partial charge in [-0.3, -0.25) is 9.59 Å². The Morgan fingerprint density at radius 1 is 1.40 bits per heavy atom. The molecule has 2 rings (SSSR count). The molecule has 0 saturated carbocycles. The molecule has 8 nitrogen and oxygen atoms in total. The van der Waals surface area contributed by atoms with Crippen LogP contribution in [0.25, 0.3) is 0 Å². The average Bonchev–Trinajstić information content (AvgIpc) is 2.84.